The highest BCUT2D eigenvalue weighted by molar-refractivity contribution is 7.37. The lowest BCUT2D eigenvalue weighted by Crippen LogP contribution is -2.07. The first-order valence-electron chi connectivity index (χ1n) is 5.84. The highest BCUT2D eigenvalue weighted by Gasteiger charge is 2.20. The van der Waals surface area contributed by atoms with Crippen LogP contribution in [0.5, 0.6) is 0 Å². The molecular weight excluding hydrogens is 227 g/mol. The molecule has 0 N–H and O–H groups in total. The number of fused-ring (bicyclic) bond motifs is 3. The lowest BCUT2D eigenvalue weighted by Gasteiger charge is -2.12. The highest BCUT2D eigenvalue weighted by atomic mass is 31.0. The van der Waals surface area contributed by atoms with Gasteiger partial charge in [0.2, 0.25) is 0 Å². The molecule has 0 radical (unpaired) electrons. The summed E-state index contributed by atoms with van der Waals surface area (Å²) in [5.74, 6) is 0. The fraction of sp³-hybridized carbons (Fsp3) is 0.267. The van der Waals surface area contributed by atoms with Crippen molar-refractivity contribution in [3.05, 3.63) is 41.9 Å². The van der Waals surface area contributed by atoms with Gasteiger partial charge in [0.05, 0.1) is 0 Å². The second kappa shape index (κ2) is 3.58. The van der Waals surface area contributed by atoms with E-state index < -0.39 is 0 Å². The smallest absolute Gasteiger partial charge is 0.147 e. The Balaban J connectivity index is 2.39. The van der Waals surface area contributed by atoms with Crippen molar-refractivity contribution >= 4 is 29.7 Å². The van der Waals surface area contributed by atoms with Crippen molar-refractivity contribution < 1.29 is 4.42 Å². The van der Waals surface area contributed by atoms with Crippen molar-refractivity contribution in [2.75, 3.05) is 0 Å². The third-order valence-corrected chi connectivity index (χ3v) is 4.48. The van der Waals surface area contributed by atoms with E-state index in [0.29, 0.717) is 0 Å². The zero-order valence-corrected chi connectivity index (χ0v) is 11.2. The van der Waals surface area contributed by atoms with E-state index in [2.05, 4.69) is 57.2 Å². The van der Waals surface area contributed by atoms with E-state index in [1.807, 2.05) is 0 Å². The Hall–Kier alpha value is -1.33. The van der Waals surface area contributed by atoms with E-state index in [4.69, 9.17) is 4.42 Å². The molecular formula is C15H15OP. The van der Waals surface area contributed by atoms with Gasteiger partial charge in [-0.25, -0.2) is 0 Å². The Labute approximate surface area is 103 Å². The average Bonchev–Trinajstić information content (AvgIpc) is 2.72. The van der Waals surface area contributed by atoms with Crippen LogP contribution in [0.2, 0.25) is 0 Å². The summed E-state index contributed by atoms with van der Waals surface area (Å²) in [6.07, 6.45) is 0. The highest BCUT2D eigenvalue weighted by Crippen LogP contribution is 2.40. The van der Waals surface area contributed by atoms with Crippen LogP contribution in [0.3, 0.4) is 0 Å². The molecule has 0 aliphatic carbocycles. The van der Waals surface area contributed by atoms with Crippen LogP contribution >= 0.6 is 8.19 Å². The van der Waals surface area contributed by atoms with Crippen LogP contribution in [-0.4, -0.2) is 0 Å². The first-order valence-corrected chi connectivity index (χ1v) is 6.74. The van der Waals surface area contributed by atoms with Gasteiger partial charge in [0.15, 0.2) is 0 Å². The molecule has 3 aromatic rings. The van der Waals surface area contributed by atoms with Gasteiger partial charge in [-0.05, 0) is 19.6 Å². The topological polar surface area (TPSA) is 13.1 Å². The molecule has 0 saturated carbocycles. The molecule has 3 rings (SSSR count). The van der Waals surface area contributed by atoms with Gasteiger partial charge in [-0.1, -0.05) is 51.1 Å². The van der Waals surface area contributed by atoms with Crippen LogP contribution in [-0.2, 0) is 5.41 Å². The van der Waals surface area contributed by atoms with Crippen molar-refractivity contribution in [3.8, 4) is 0 Å². The van der Waals surface area contributed by atoms with Gasteiger partial charge in [-0.2, -0.15) is 0 Å². The first-order chi connectivity index (χ1) is 8.05. The second-order valence-corrected chi connectivity index (χ2v) is 6.52. The Morgan fingerprint density at radius 2 is 1.76 bits per heavy atom. The third-order valence-electron chi connectivity index (χ3n) is 2.92. The summed E-state index contributed by atoms with van der Waals surface area (Å²) in [5.41, 5.74) is 2.29. The monoisotopic (exact) mass is 242 g/mol. The van der Waals surface area contributed by atoms with Gasteiger partial charge in [0.25, 0.3) is 0 Å². The van der Waals surface area contributed by atoms with E-state index in [1.165, 1.54) is 24.1 Å². The second-order valence-electron chi connectivity index (χ2n) is 5.40. The van der Waals surface area contributed by atoms with E-state index in [0.717, 1.165) is 11.1 Å². The summed E-state index contributed by atoms with van der Waals surface area (Å²) in [6, 6.07) is 12.8. The number of hydrogen-bond donors (Lipinski definition) is 0. The molecule has 1 aromatic heterocycles. The predicted molar refractivity (Wildman–Crippen MR) is 74.9 cm³/mol. The molecule has 0 fully saturated rings. The minimum Gasteiger partial charge on any atom is -0.455 e. The lowest BCUT2D eigenvalue weighted by molar-refractivity contribution is 0.445. The molecule has 0 spiro atoms. The summed E-state index contributed by atoms with van der Waals surface area (Å²) >= 11 is 0. The van der Waals surface area contributed by atoms with Crippen molar-refractivity contribution in [2.24, 2.45) is 0 Å². The lowest BCUT2D eigenvalue weighted by atomic mass is 9.99. The van der Waals surface area contributed by atoms with Gasteiger partial charge in [-0.3, -0.25) is 0 Å². The van der Waals surface area contributed by atoms with Gasteiger partial charge in [0.1, 0.15) is 11.1 Å². The Morgan fingerprint density at radius 3 is 2.53 bits per heavy atom. The molecule has 0 saturated heterocycles. The van der Waals surface area contributed by atoms with E-state index in [1.54, 1.807) is 0 Å². The predicted octanol–water partition coefficient (Wildman–Crippen LogP) is 5.46. The Kier molecular flexibility index (Phi) is 2.27. The van der Waals surface area contributed by atoms with E-state index in [9.17, 15) is 0 Å². The van der Waals surface area contributed by atoms with Crippen molar-refractivity contribution in [1.29, 1.82) is 0 Å². The quantitative estimate of drug-likeness (QED) is 0.510. The molecule has 0 unspecified atom stereocenters. The van der Waals surface area contributed by atoms with Crippen LogP contribution in [0.15, 0.2) is 40.8 Å². The van der Waals surface area contributed by atoms with Crippen molar-refractivity contribution in [3.63, 3.8) is 0 Å². The molecule has 1 heterocycles. The normalized spacial score (nSPS) is 12.9. The maximum Gasteiger partial charge on any atom is 0.147 e. The fourth-order valence-electron chi connectivity index (χ4n) is 1.98. The molecule has 0 bridgehead atoms. The maximum atomic E-state index is 6.09. The molecule has 0 aliphatic rings. The zero-order chi connectivity index (χ0) is 12.0. The minimum absolute atomic E-state index is 0.0989. The molecule has 0 aliphatic heterocycles. The third kappa shape index (κ3) is 1.75. The van der Waals surface area contributed by atoms with Crippen molar-refractivity contribution in [1.82, 2.24) is 0 Å². The zero-order valence-electron chi connectivity index (χ0n) is 10.3. The fourth-order valence-corrected chi connectivity index (χ4v) is 3.08. The summed E-state index contributed by atoms with van der Waals surface area (Å²) < 4.78 is 6.09. The summed E-state index contributed by atoms with van der Waals surface area (Å²) in [5, 5.41) is 3.75. The van der Waals surface area contributed by atoms with Gasteiger partial charge < -0.3 is 4.42 Å². The number of rotatable bonds is 0. The van der Waals surface area contributed by atoms with Crippen molar-refractivity contribution in [2.45, 2.75) is 26.2 Å². The molecule has 17 heavy (non-hydrogen) atoms. The molecule has 86 valence electrons. The van der Waals surface area contributed by atoms with Crippen LogP contribution in [0.4, 0.5) is 0 Å². The summed E-state index contributed by atoms with van der Waals surface area (Å²) in [4.78, 5) is 0. The van der Waals surface area contributed by atoms with Gasteiger partial charge in [-0.15, -0.1) is 0 Å². The van der Waals surface area contributed by atoms with E-state index in [-0.39, 0.29) is 5.41 Å². The summed E-state index contributed by atoms with van der Waals surface area (Å²) in [7, 11) is 1.22. The number of hydrogen-bond acceptors (Lipinski definition) is 1. The van der Waals surface area contributed by atoms with Gasteiger partial charge in [0, 0.05) is 15.9 Å². The van der Waals surface area contributed by atoms with Crippen LogP contribution in [0, 0.1) is 0 Å². The van der Waals surface area contributed by atoms with E-state index >= 15 is 0 Å². The van der Waals surface area contributed by atoms with Crippen LogP contribution in [0.25, 0.3) is 21.5 Å². The average molecular weight is 242 g/mol. The number of benzene rings is 2. The SMILES string of the molecule is CC(C)(C)c1oc2c(ccc3ccccc32)p1. The van der Waals surface area contributed by atoms with Crippen LogP contribution < -0.4 is 0 Å². The minimum atomic E-state index is 0.0989. The van der Waals surface area contributed by atoms with Crippen LogP contribution in [0.1, 0.15) is 26.3 Å². The van der Waals surface area contributed by atoms with Gasteiger partial charge >= 0.3 is 0 Å². The first kappa shape index (κ1) is 10.8. The molecule has 2 aromatic carbocycles. The maximum absolute atomic E-state index is 6.09. The molecule has 1 nitrogen and oxygen atoms in total. The molecule has 2 heteroatoms. The largest absolute Gasteiger partial charge is 0.455 e. The Morgan fingerprint density at radius 1 is 1.00 bits per heavy atom. The summed E-state index contributed by atoms with van der Waals surface area (Å²) in [6.45, 7) is 6.59. The molecule has 0 atom stereocenters. The Bertz CT molecular complexity index is 689. The molecule has 0 amide bonds. The standard InChI is InChI=1S/C15H15OP/c1-15(2,3)14-16-13-11-7-5-4-6-10(11)8-9-12(13)17-14/h4-9H,1-3H3.